The Labute approximate surface area is 96.4 Å². The topological polar surface area (TPSA) is 33.1 Å². The van der Waals surface area contributed by atoms with Gasteiger partial charge in [-0.2, -0.15) is 0 Å². The van der Waals surface area contributed by atoms with Gasteiger partial charge in [-0.05, 0) is 52.2 Å². The molecule has 1 heterocycles. The predicted molar refractivity (Wildman–Crippen MR) is 59.4 cm³/mol. The Balaban J connectivity index is 2.20. The molecule has 0 atom stereocenters. The summed E-state index contributed by atoms with van der Waals surface area (Å²) in [6.45, 7) is 0.246. The zero-order valence-corrected chi connectivity index (χ0v) is 9.98. The van der Waals surface area contributed by atoms with E-state index in [1.807, 2.05) is 6.07 Å². The van der Waals surface area contributed by atoms with Crippen molar-refractivity contribution in [2.45, 2.75) is 19.3 Å². The third kappa shape index (κ3) is 2.10. The first-order valence-corrected chi connectivity index (χ1v) is 5.73. The van der Waals surface area contributed by atoms with Crippen LogP contribution in [-0.2, 0) is 6.42 Å². The van der Waals surface area contributed by atoms with Crippen molar-refractivity contribution >= 4 is 27.5 Å². The monoisotopic (exact) mass is 275 g/mol. The van der Waals surface area contributed by atoms with Crippen LogP contribution in [0.4, 0.5) is 0 Å². The van der Waals surface area contributed by atoms with E-state index in [4.69, 9.17) is 11.6 Å². The highest BCUT2D eigenvalue weighted by Gasteiger charge is 2.42. The first-order chi connectivity index (χ1) is 6.65. The maximum absolute atomic E-state index is 9.20. The average Bonchev–Trinajstić information content (AvgIpc) is 2.92. The first kappa shape index (κ1) is 10.4. The fourth-order valence-corrected chi connectivity index (χ4v) is 2.11. The molecule has 14 heavy (non-hydrogen) atoms. The van der Waals surface area contributed by atoms with E-state index in [0.717, 1.165) is 29.3 Å². The van der Waals surface area contributed by atoms with Crippen LogP contribution >= 0.6 is 27.5 Å². The number of pyridine rings is 1. The normalized spacial score (nSPS) is 18.2. The highest BCUT2D eigenvalue weighted by Crippen LogP contribution is 2.48. The minimum atomic E-state index is 0.0894. The van der Waals surface area contributed by atoms with Gasteiger partial charge >= 0.3 is 0 Å². The fourth-order valence-electron chi connectivity index (χ4n) is 1.56. The molecule has 0 bridgehead atoms. The summed E-state index contributed by atoms with van der Waals surface area (Å²) in [5.41, 5.74) is 1.11. The zero-order chi connectivity index (χ0) is 10.2. The Morgan fingerprint density at radius 1 is 1.57 bits per heavy atom. The van der Waals surface area contributed by atoms with Gasteiger partial charge in [-0.1, -0.05) is 11.6 Å². The number of nitrogens with zero attached hydrogens (tertiary/aromatic N) is 1. The van der Waals surface area contributed by atoms with Crippen molar-refractivity contribution in [2.24, 2.45) is 5.41 Å². The molecule has 1 N–H and O–H groups in total. The molecule has 1 saturated carbocycles. The second-order valence-corrected chi connectivity index (χ2v) is 5.21. The third-order valence-electron chi connectivity index (χ3n) is 2.74. The van der Waals surface area contributed by atoms with E-state index in [9.17, 15) is 5.11 Å². The summed E-state index contributed by atoms with van der Waals surface area (Å²) in [6.07, 6.45) is 4.69. The van der Waals surface area contributed by atoms with Crippen molar-refractivity contribution < 1.29 is 5.11 Å². The molecule has 0 aromatic carbocycles. The van der Waals surface area contributed by atoms with Crippen molar-refractivity contribution in [3.8, 4) is 0 Å². The Kier molecular flexibility index (Phi) is 2.82. The molecule has 1 fully saturated rings. The van der Waals surface area contributed by atoms with Crippen molar-refractivity contribution in [3.63, 3.8) is 0 Å². The molecule has 0 saturated heterocycles. The second kappa shape index (κ2) is 3.80. The van der Waals surface area contributed by atoms with E-state index < -0.39 is 0 Å². The van der Waals surface area contributed by atoms with Crippen LogP contribution in [0.25, 0.3) is 0 Å². The average molecular weight is 277 g/mol. The lowest BCUT2D eigenvalue weighted by molar-refractivity contribution is 0.211. The Hall–Kier alpha value is -0.120. The standard InChI is InChI=1S/C10H11BrClNO/c11-8-3-7(9(12)13-5-8)4-10(6-14)1-2-10/h3,5,14H,1-2,4,6H2. The van der Waals surface area contributed by atoms with Gasteiger partial charge in [-0.3, -0.25) is 0 Å². The van der Waals surface area contributed by atoms with Gasteiger partial charge in [0.2, 0.25) is 0 Å². The van der Waals surface area contributed by atoms with Crippen molar-refractivity contribution in [1.82, 2.24) is 4.98 Å². The molecule has 1 aliphatic rings. The largest absolute Gasteiger partial charge is 0.396 e. The van der Waals surface area contributed by atoms with Gasteiger partial charge in [0.1, 0.15) is 5.15 Å². The molecule has 1 aromatic rings. The SMILES string of the molecule is OCC1(Cc2cc(Br)cnc2Cl)CC1. The van der Waals surface area contributed by atoms with Gasteiger partial charge in [0.15, 0.2) is 0 Å². The highest BCUT2D eigenvalue weighted by molar-refractivity contribution is 9.10. The minimum Gasteiger partial charge on any atom is -0.396 e. The number of halogens is 2. The minimum absolute atomic E-state index is 0.0894. The molecule has 4 heteroatoms. The molecule has 76 valence electrons. The molecule has 1 aliphatic carbocycles. The highest BCUT2D eigenvalue weighted by atomic mass is 79.9. The molecular formula is C10H11BrClNO. The van der Waals surface area contributed by atoms with Gasteiger partial charge in [0.05, 0.1) is 0 Å². The number of hydrogen-bond acceptors (Lipinski definition) is 2. The summed E-state index contributed by atoms with van der Waals surface area (Å²) in [7, 11) is 0. The maximum Gasteiger partial charge on any atom is 0.132 e. The van der Waals surface area contributed by atoms with E-state index in [-0.39, 0.29) is 12.0 Å². The number of aromatic nitrogens is 1. The van der Waals surface area contributed by atoms with Crippen LogP contribution in [-0.4, -0.2) is 16.7 Å². The molecule has 0 unspecified atom stereocenters. The summed E-state index contributed by atoms with van der Waals surface area (Å²) in [5, 5.41) is 9.75. The summed E-state index contributed by atoms with van der Waals surface area (Å²) in [6, 6.07) is 1.98. The van der Waals surface area contributed by atoms with Crippen molar-refractivity contribution in [3.05, 3.63) is 27.5 Å². The summed E-state index contributed by atoms with van der Waals surface area (Å²) in [4.78, 5) is 4.06. The summed E-state index contributed by atoms with van der Waals surface area (Å²) >= 11 is 9.34. The van der Waals surface area contributed by atoms with Crippen LogP contribution in [0, 0.1) is 5.41 Å². The predicted octanol–water partition coefficient (Wildman–Crippen LogP) is 2.81. The number of rotatable bonds is 3. The molecule has 2 nitrogen and oxygen atoms in total. The van der Waals surface area contributed by atoms with Crippen molar-refractivity contribution in [2.75, 3.05) is 6.61 Å². The van der Waals surface area contributed by atoms with Gasteiger partial charge in [-0.25, -0.2) is 4.98 Å². The van der Waals surface area contributed by atoms with Crippen LogP contribution in [0.3, 0.4) is 0 Å². The Bertz CT molecular complexity index is 352. The van der Waals surface area contributed by atoms with Crippen LogP contribution in [0.15, 0.2) is 16.7 Å². The van der Waals surface area contributed by atoms with Crippen molar-refractivity contribution in [1.29, 1.82) is 0 Å². The lowest BCUT2D eigenvalue weighted by Crippen LogP contribution is -2.10. The lowest BCUT2D eigenvalue weighted by atomic mass is 9.99. The van der Waals surface area contributed by atoms with Gasteiger partial charge in [0.25, 0.3) is 0 Å². The molecule has 1 aromatic heterocycles. The van der Waals surface area contributed by atoms with E-state index >= 15 is 0 Å². The number of aliphatic hydroxyl groups excluding tert-OH is 1. The zero-order valence-electron chi connectivity index (χ0n) is 7.63. The van der Waals surface area contributed by atoms with Gasteiger partial charge < -0.3 is 5.11 Å². The first-order valence-electron chi connectivity index (χ1n) is 4.56. The molecule has 0 radical (unpaired) electrons. The Morgan fingerprint density at radius 3 is 2.86 bits per heavy atom. The lowest BCUT2D eigenvalue weighted by Gasteiger charge is -2.12. The molecular weight excluding hydrogens is 265 g/mol. The van der Waals surface area contributed by atoms with Gasteiger partial charge in [0, 0.05) is 17.3 Å². The maximum atomic E-state index is 9.20. The van der Waals surface area contributed by atoms with Crippen LogP contribution in [0.2, 0.25) is 5.15 Å². The van der Waals surface area contributed by atoms with E-state index in [0.29, 0.717) is 5.15 Å². The summed E-state index contributed by atoms with van der Waals surface area (Å²) < 4.78 is 0.936. The van der Waals surface area contributed by atoms with E-state index in [1.54, 1.807) is 6.20 Å². The molecule has 2 rings (SSSR count). The van der Waals surface area contributed by atoms with E-state index in [1.165, 1.54) is 0 Å². The molecule has 0 amide bonds. The Morgan fingerprint density at radius 2 is 2.29 bits per heavy atom. The quantitative estimate of drug-likeness (QED) is 0.861. The molecule has 0 aliphatic heterocycles. The van der Waals surface area contributed by atoms with Crippen LogP contribution < -0.4 is 0 Å². The smallest absolute Gasteiger partial charge is 0.132 e. The van der Waals surface area contributed by atoms with Gasteiger partial charge in [-0.15, -0.1) is 0 Å². The van der Waals surface area contributed by atoms with Crippen LogP contribution in [0.5, 0.6) is 0 Å². The fraction of sp³-hybridized carbons (Fsp3) is 0.500. The summed E-state index contributed by atoms with van der Waals surface area (Å²) in [5.74, 6) is 0. The molecule has 0 spiro atoms. The second-order valence-electron chi connectivity index (χ2n) is 3.94. The number of hydrogen-bond donors (Lipinski definition) is 1. The van der Waals surface area contributed by atoms with E-state index in [2.05, 4.69) is 20.9 Å². The number of aliphatic hydroxyl groups is 1. The van der Waals surface area contributed by atoms with Crippen LogP contribution in [0.1, 0.15) is 18.4 Å². The third-order valence-corrected chi connectivity index (χ3v) is 3.51.